The SMILES string of the molecule is CC(C)(C)OC(O)N1CCC(Cn2nc(-c3ccc4cc(O)ccc4c3)c3c(N)ncnc32)CC1. The van der Waals surface area contributed by atoms with Gasteiger partial charge in [-0.15, -0.1) is 0 Å². The number of phenols is 1. The number of fused-ring (bicyclic) bond motifs is 2. The number of aromatic hydroxyl groups is 1. The first-order chi connectivity index (χ1) is 16.7. The van der Waals surface area contributed by atoms with E-state index in [0.29, 0.717) is 18.3 Å². The molecule has 1 aliphatic rings. The molecule has 9 heteroatoms. The quantitative estimate of drug-likeness (QED) is 0.372. The minimum absolute atomic E-state index is 0.237. The fraction of sp³-hybridized carbons (Fsp3) is 0.423. The van der Waals surface area contributed by atoms with E-state index in [4.69, 9.17) is 15.6 Å². The Labute approximate surface area is 204 Å². The number of nitrogen functional groups attached to an aromatic ring is 1. The summed E-state index contributed by atoms with van der Waals surface area (Å²) in [4.78, 5) is 10.7. The van der Waals surface area contributed by atoms with Crippen LogP contribution in [0.15, 0.2) is 42.7 Å². The van der Waals surface area contributed by atoms with Gasteiger partial charge in [-0.3, -0.25) is 4.90 Å². The molecule has 1 unspecified atom stereocenters. The number of phenolic OH excluding ortho intramolecular Hbond substituents is 1. The van der Waals surface area contributed by atoms with Crippen LogP contribution in [0.25, 0.3) is 33.1 Å². The zero-order valence-electron chi connectivity index (χ0n) is 20.3. The molecule has 35 heavy (non-hydrogen) atoms. The molecule has 0 spiro atoms. The highest BCUT2D eigenvalue weighted by Gasteiger charge is 2.28. The van der Waals surface area contributed by atoms with Gasteiger partial charge in [-0.1, -0.05) is 18.2 Å². The molecule has 3 heterocycles. The maximum absolute atomic E-state index is 10.4. The van der Waals surface area contributed by atoms with E-state index in [2.05, 4.69) is 9.97 Å². The minimum atomic E-state index is -0.893. The van der Waals surface area contributed by atoms with Gasteiger partial charge in [0.25, 0.3) is 0 Å². The number of aliphatic hydroxyl groups is 1. The summed E-state index contributed by atoms with van der Waals surface area (Å²) in [6.07, 6.45) is 2.42. The van der Waals surface area contributed by atoms with Crippen molar-refractivity contribution in [2.45, 2.75) is 52.2 Å². The zero-order chi connectivity index (χ0) is 24.7. The molecule has 1 atom stereocenters. The molecular formula is C26H32N6O3. The van der Waals surface area contributed by atoms with E-state index in [9.17, 15) is 10.2 Å². The Morgan fingerprint density at radius 3 is 2.54 bits per heavy atom. The lowest BCUT2D eigenvalue weighted by Crippen LogP contribution is -2.46. The number of rotatable bonds is 5. The van der Waals surface area contributed by atoms with Crippen LogP contribution in [0.2, 0.25) is 0 Å². The van der Waals surface area contributed by atoms with E-state index in [1.54, 1.807) is 12.1 Å². The topological polar surface area (TPSA) is 123 Å². The standard InChI is InChI=1S/C26H32N6O3/c1-26(2,3)35-25(34)31-10-8-16(9-11-31)14-32-24-21(23(27)28-15-29-24)22(30-32)19-5-4-18-13-20(33)7-6-17(18)12-19/h4-7,12-13,15-16,25,33-34H,8-11,14H2,1-3H3,(H2,27,28,29). The lowest BCUT2D eigenvalue weighted by atomic mass is 9.97. The van der Waals surface area contributed by atoms with Crippen molar-refractivity contribution in [3.05, 3.63) is 42.7 Å². The molecule has 9 nitrogen and oxygen atoms in total. The first-order valence-electron chi connectivity index (χ1n) is 12.0. The number of piperidine rings is 1. The molecule has 0 aliphatic carbocycles. The van der Waals surface area contributed by atoms with Crippen LogP contribution in [0.1, 0.15) is 33.6 Å². The van der Waals surface area contributed by atoms with E-state index in [1.165, 1.54) is 6.33 Å². The molecule has 0 amide bonds. The van der Waals surface area contributed by atoms with Crippen molar-refractivity contribution < 1.29 is 14.9 Å². The highest BCUT2D eigenvalue weighted by molar-refractivity contribution is 6.00. The number of hydrogen-bond acceptors (Lipinski definition) is 8. The van der Waals surface area contributed by atoms with Crippen LogP contribution in [-0.2, 0) is 11.3 Å². The highest BCUT2D eigenvalue weighted by Crippen LogP contribution is 2.33. The third-order valence-electron chi connectivity index (χ3n) is 6.51. The molecule has 1 aliphatic heterocycles. The number of hydrogen-bond donors (Lipinski definition) is 3. The van der Waals surface area contributed by atoms with Gasteiger partial charge in [0.2, 0.25) is 6.41 Å². The summed E-state index contributed by atoms with van der Waals surface area (Å²) in [5.41, 5.74) is 8.28. The van der Waals surface area contributed by atoms with Crippen LogP contribution in [0.5, 0.6) is 5.75 Å². The predicted octanol–water partition coefficient (Wildman–Crippen LogP) is 3.74. The van der Waals surface area contributed by atoms with E-state index in [0.717, 1.165) is 59.0 Å². The minimum Gasteiger partial charge on any atom is -0.508 e. The lowest BCUT2D eigenvalue weighted by Gasteiger charge is -2.37. The summed E-state index contributed by atoms with van der Waals surface area (Å²) in [5.74, 6) is 1.03. The van der Waals surface area contributed by atoms with Crippen LogP contribution >= 0.6 is 0 Å². The summed E-state index contributed by atoms with van der Waals surface area (Å²) in [6, 6.07) is 11.3. The molecular weight excluding hydrogens is 444 g/mol. The summed E-state index contributed by atoms with van der Waals surface area (Å²) < 4.78 is 7.65. The van der Waals surface area contributed by atoms with Crippen LogP contribution in [0.4, 0.5) is 5.82 Å². The summed E-state index contributed by atoms with van der Waals surface area (Å²) in [7, 11) is 0. The number of aromatic nitrogens is 4. The van der Waals surface area contributed by atoms with Gasteiger partial charge in [0.1, 0.15) is 23.6 Å². The Kier molecular flexibility index (Phi) is 6.08. The van der Waals surface area contributed by atoms with Crippen molar-refractivity contribution in [3.63, 3.8) is 0 Å². The average Bonchev–Trinajstić information content (AvgIpc) is 3.17. The molecule has 1 saturated heterocycles. The molecule has 2 aromatic carbocycles. The van der Waals surface area contributed by atoms with Gasteiger partial charge in [0.15, 0.2) is 5.65 Å². The summed E-state index contributed by atoms with van der Waals surface area (Å²) in [5, 5.41) is 27.8. The number of aliphatic hydroxyl groups excluding tert-OH is 1. The first-order valence-corrected chi connectivity index (χ1v) is 12.0. The van der Waals surface area contributed by atoms with Crippen molar-refractivity contribution in [1.29, 1.82) is 0 Å². The molecule has 2 aromatic heterocycles. The van der Waals surface area contributed by atoms with Crippen molar-refractivity contribution in [3.8, 4) is 17.0 Å². The Bertz CT molecular complexity index is 1350. The number of nitrogens with zero attached hydrogens (tertiary/aromatic N) is 5. The van der Waals surface area contributed by atoms with Crippen molar-refractivity contribution in [2.24, 2.45) is 5.92 Å². The van der Waals surface area contributed by atoms with Gasteiger partial charge in [-0.25, -0.2) is 14.6 Å². The molecule has 184 valence electrons. The van der Waals surface area contributed by atoms with Crippen LogP contribution in [-0.4, -0.2) is 60.0 Å². The number of nitrogens with two attached hydrogens (primary N) is 1. The highest BCUT2D eigenvalue weighted by atomic mass is 16.6. The van der Waals surface area contributed by atoms with E-state index < -0.39 is 12.0 Å². The summed E-state index contributed by atoms with van der Waals surface area (Å²) in [6.45, 7) is 8.03. The van der Waals surface area contributed by atoms with Gasteiger partial charge in [0, 0.05) is 25.2 Å². The van der Waals surface area contributed by atoms with E-state index >= 15 is 0 Å². The van der Waals surface area contributed by atoms with Crippen molar-refractivity contribution >= 4 is 27.6 Å². The monoisotopic (exact) mass is 476 g/mol. The van der Waals surface area contributed by atoms with Gasteiger partial charge in [0.05, 0.1) is 11.0 Å². The second kappa shape index (κ2) is 9.07. The Morgan fingerprint density at radius 1 is 1.09 bits per heavy atom. The van der Waals surface area contributed by atoms with Gasteiger partial charge < -0.3 is 20.7 Å². The van der Waals surface area contributed by atoms with Crippen molar-refractivity contribution in [1.82, 2.24) is 24.6 Å². The number of benzene rings is 2. The molecule has 0 bridgehead atoms. The van der Waals surface area contributed by atoms with Gasteiger partial charge >= 0.3 is 0 Å². The molecule has 0 radical (unpaired) electrons. The second-order valence-corrected chi connectivity index (χ2v) is 10.3. The molecule has 0 saturated carbocycles. The maximum atomic E-state index is 10.4. The smallest absolute Gasteiger partial charge is 0.216 e. The first kappa shape index (κ1) is 23.5. The van der Waals surface area contributed by atoms with Crippen LogP contribution in [0.3, 0.4) is 0 Å². The number of likely N-dealkylation sites (tertiary alicyclic amines) is 1. The third kappa shape index (κ3) is 4.93. The van der Waals surface area contributed by atoms with E-state index in [-0.39, 0.29) is 5.75 Å². The van der Waals surface area contributed by atoms with Crippen LogP contribution in [0, 0.1) is 5.92 Å². The number of ether oxygens (including phenoxy) is 1. The largest absolute Gasteiger partial charge is 0.508 e. The van der Waals surface area contributed by atoms with Gasteiger partial charge in [-0.05, 0) is 68.5 Å². The fourth-order valence-corrected chi connectivity index (χ4v) is 4.73. The Morgan fingerprint density at radius 2 is 1.80 bits per heavy atom. The number of anilines is 1. The predicted molar refractivity (Wildman–Crippen MR) is 135 cm³/mol. The second-order valence-electron chi connectivity index (χ2n) is 10.3. The molecule has 4 N–H and O–H groups in total. The Balaban J connectivity index is 1.40. The van der Waals surface area contributed by atoms with Gasteiger partial charge in [-0.2, -0.15) is 5.10 Å². The van der Waals surface area contributed by atoms with E-state index in [1.807, 2.05) is 54.6 Å². The zero-order valence-corrected chi connectivity index (χ0v) is 20.3. The third-order valence-corrected chi connectivity index (χ3v) is 6.51. The normalized spacial score (nSPS) is 16.8. The summed E-state index contributed by atoms with van der Waals surface area (Å²) >= 11 is 0. The molecule has 1 fully saturated rings. The maximum Gasteiger partial charge on any atom is 0.216 e. The van der Waals surface area contributed by atoms with Crippen molar-refractivity contribution in [2.75, 3.05) is 18.8 Å². The van der Waals surface area contributed by atoms with Crippen LogP contribution < -0.4 is 5.73 Å². The fourth-order valence-electron chi connectivity index (χ4n) is 4.73. The molecule has 5 rings (SSSR count). The average molecular weight is 477 g/mol. The Hall–Kier alpha value is -3.27. The lowest BCUT2D eigenvalue weighted by molar-refractivity contribution is -0.243. The molecule has 4 aromatic rings.